The van der Waals surface area contributed by atoms with E-state index in [1.54, 1.807) is 0 Å². The molecule has 1 amide bonds. The maximum Gasteiger partial charge on any atom is 0.222 e. The van der Waals surface area contributed by atoms with Gasteiger partial charge in [-0.2, -0.15) is 0 Å². The molecule has 0 N–H and O–H groups in total. The Hall–Kier alpha value is -1.35. The second-order valence-electron chi connectivity index (χ2n) is 5.39. The molecule has 0 aromatic heterocycles. The van der Waals surface area contributed by atoms with E-state index in [1.807, 2.05) is 4.90 Å². The monoisotopic (exact) mass is 275 g/mol. The zero-order valence-electron chi connectivity index (χ0n) is 12.2. The van der Waals surface area contributed by atoms with E-state index in [1.165, 1.54) is 18.4 Å². The molecule has 1 aliphatic heterocycles. The number of nitrogens with zero attached hydrogens (tertiary/aromatic N) is 1. The Morgan fingerprint density at radius 3 is 2.45 bits per heavy atom. The van der Waals surface area contributed by atoms with E-state index in [-0.39, 0.29) is 0 Å². The first-order valence-corrected chi connectivity index (χ1v) is 7.76. The summed E-state index contributed by atoms with van der Waals surface area (Å²) in [6.07, 6.45) is 6.46. The summed E-state index contributed by atoms with van der Waals surface area (Å²) in [5.41, 5.74) is 1.41. The molecule has 1 aliphatic rings. The number of rotatable bonds is 7. The Morgan fingerprint density at radius 2 is 1.70 bits per heavy atom. The van der Waals surface area contributed by atoms with Gasteiger partial charge in [0.15, 0.2) is 0 Å². The smallest absolute Gasteiger partial charge is 0.222 e. The molecule has 0 unspecified atom stereocenters. The number of hydrogen-bond acceptors (Lipinski definition) is 2. The highest BCUT2D eigenvalue weighted by atomic mass is 16.5. The normalized spacial score (nSPS) is 15.3. The highest BCUT2D eigenvalue weighted by Crippen LogP contribution is 2.10. The summed E-state index contributed by atoms with van der Waals surface area (Å²) in [6, 6.07) is 10.6. The molecule has 1 aromatic rings. The van der Waals surface area contributed by atoms with Gasteiger partial charge in [-0.15, -0.1) is 0 Å². The first-order valence-electron chi connectivity index (χ1n) is 7.76. The summed E-state index contributed by atoms with van der Waals surface area (Å²) in [6.45, 7) is 2.94. The van der Waals surface area contributed by atoms with Gasteiger partial charge in [0.2, 0.25) is 5.91 Å². The molecule has 0 atom stereocenters. The maximum absolute atomic E-state index is 11.9. The molecule has 110 valence electrons. The van der Waals surface area contributed by atoms with E-state index in [9.17, 15) is 4.79 Å². The topological polar surface area (TPSA) is 29.5 Å². The molecular weight excluding hydrogens is 250 g/mol. The fourth-order valence-electron chi connectivity index (χ4n) is 2.57. The number of aryl methyl sites for hydroxylation is 1. The Bertz CT molecular complexity index is 385. The van der Waals surface area contributed by atoms with Gasteiger partial charge in [-0.3, -0.25) is 4.79 Å². The van der Waals surface area contributed by atoms with Gasteiger partial charge in [-0.25, -0.2) is 0 Å². The van der Waals surface area contributed by atoms with Gasteiger partial charge in [0.25, 0.3) is 0 Å². The predicted octanol–water partition coefficient (Wildman–Crippen LogP) is 3.04. The standard InChI is InChI=1S/C17H25NO2/c19-17(18-12-14-20-15-13-18)11-7-2-1-4-8-16-9-5-3-6-10-16/h3,5-6,9-10H,1-2,4,7-8,11-15H2. The molecule has 0 radical (unpaired) electrons. The summed E-state index contributed by atoms with van der Waals surface area (Å²) < 4.78 is 5.26. The average molecular weight is 275 g/mol. The van der Waals surface area contributed by atoms with E-state index < -0.39 is 0 Å². The van der Waals surface area contributed by atoms with Crippen molar-refractivity contribution in [3.8, 4) is 0 Å². The van der Waals surface area contributed by atoms with Crippen LogP contribution in [0.2, 0.25) is 0 Å². The molecule has 0 bridgehead atoms. The molecule has 0 saturated carbocycles. The minimum atomic E-state index is 0.302. The third kappa shape index (κ3) is 5.33. The van der Waals surface area contributed by atoms with Crippen molar-refractivity contribution in [2.45, 2.75) is 38.5 Å². The van der Waals surface area contributed by atoms with Crippen LogP contribution in [0.1, 0.15) is 37.7 Å². The van der Waals surface area contributed by atoms with Crippen LogP contribution >= 0.6 is 0 Å². The van der Waals surface area contributed by atoms with Crippen LogP contribution in [0.15, 0.2) is 30.3 Å². The van der Waals surface area contributed by atoms with Crippen molar-refractivity contribution in [1.82, 2.24) is 4.90 Å². The Kier molecular flexibility index (Phi) is 6.58. The van der Waals surface area contributed by atoms with Crippen molar-refractivity contribution in [1.29, 1.82) is 0 Å². The van der Waals surface area contributed by atoms with Gasteiger partial charge in [0, 0.05) is 19.5 Å². The third-order valence-corrected chi connectivity index (χ3v) is 3.81. The summed E-state index contributed by atoms with van der Waals surface area (Å²) in [5.74, 6) is 0.302. The number of benzene rings is 1. The van der Waals surface area contributed by atoms with Gasteiger partial charge in [0.05, 0.1) is 13.2 Å². The zero-order valence-corrected chi connectivity index (χ0v) is 12.2. The van der Waals surface area contributed by atoms with Crippen molar-refractivity contribution in [2.75, 3.05) is 26.3 Å². The molecule has 1 saturated heterocycles. The van der Waals surface area contributed by atoms with E-state index in [0.29, 0.717) is 25.5 Å². The first-order chi connectivity index (χ1) is 9.86. The second kappa shape index (κ2) is 8.75. The number of amides is 1. The first kappa shape index (κ1) is 15.0. The van der Waals surface area contributed by atoms with E-state index in [0.717, 1.165) is 32.4 Å². The summed E-state index contributed by atoms with van der Waals surface area (Å²) in [4.78, 5) is 13.9. The molecule has 3 heteroatoms. The molecular formula is C17H25NO2. The van der Waals surface area contributed by atoms with Gasteiger partial charge in [-0.05, 0) is 24.8 Å². The van der Waals surface area contributed by atoms with E-state index in [4.69, 9.17) is 4.74 Å². The quantitative estimate of drug-likeness (QED) is 0.716. The minimum Gasteiger partial charge on any atom is -0.378 e. The van der Waals surface area contributed by atoms with Crippen molar-refractivity contribution < 1.29 is 9.53 Å². The fraction of sp³-hybridized carbons (Fsp3) is 0.588. The molecule has 2 rings (SSSR count). The van der Waals surface area contributed by atoms with Crippen molar-refractivity contribution >= 4 is 5.91 Å². The molecule has 3 nitrogen and oxygen atoms in total. The SMILES string of the molecule is O=C(CCCCCCc1ccccc1)N1CCOCC1. The summed E-state index contributed by atoms with van der Waals surface area (Å²) in [7, 11) is 0. The van der Waals surface area contributed by atoms with Crippen LogP contribution < -0.4 is 0 Å². The van der Waals surface area contributed by atoms with Gasteiger partial charge in [-0.1, -0.05) is 43.2 Å². The van der Waals surface area contributed by atoms with E-state index >= 15 is 0 Å². The number of carbonyl (C=O) groups is 1. The highest BCUT2D eigenvalue weighted by Gasteiger charge is 2.15. The van der Waals surface area contributed by atoms with Gasteiger partial charge < -0.3 is 9.64 Å². The number of unbranched alkanes of at least 4 members (excludes halogenated alkanes) is 3. The lowest BCUT2D eigenvalue weighted by Gasteiger charge is -2.26. The Balaban J connectivity index is 1.50. The molecule has 0 aliphatic carbocycles. The molecule has 1 aromatic carbocycles. The van der Waals surface area contributed by atoms with Gasteiger partial charge in [0.1, 0.15) is 0 Å². The highest BCUT2D eigenvalue weighted by molar-refractivity contribution is 5.76. The van der Waals surface area contributed by atoms with Crippen LogP contribution in [0.5, 0.6) is 0 Å². The second-order valence-corrected chi connectivity index (χ2v) is 5.39. The summed E-state index contributed by atoms with van der Waals surface area (Å²) in [5, 5.41) is 0. The molecule has 1 heterocycles. The lowest BCUT2D eigenvalue weighted by Crippen LogP contribution is -2.40. The Morgan fingerprint density at radius 1 is 1.00 bits per heavy atom. The van der Waals surface area contributed by atoms with Crippen molar-refractivity contribution in [3.05, 3.63) is 35.9 Å². The average Bonchev–Trinajstić information content (AvgIpc) is 2.52. The fourth-order valence-corrected chi connectivity index (χ4v) is 2.57. The van der Waals surface area contributed by atoms with Crippen LogP contribution in [0.3, 0.4) is 0 Å². The number of morpholine rings is 1. The van der Waals surface area contributed by atoms with Crippen LogP contribution in [-0.2, 0) is 16.0 Å². The lowest BCUT2D eigenvalue weighted by molar-refractivity contribution is -0.135. The molecule has 20 heavy (non-hydrogen) atoms. The number of hydrogen-bond donors (Lipinski definition) is 0. The molecule has 1 fully saturated rings. The van der Waals surface area contributed by atoms with E-state index in [2.05, 4.69) is 30.3 Å². The van der Waals surface area contributed by atoms with Crippen LogP contribution in [0.4, 0.5) is 0 Å². The number of carbonyl (C=O) groups excluding carboxylic acids is 1. The largest absolute Gasteiger partial charge is 0.378 e. The predicted molar refractivity (Wildman–Crippen MR) is 80.6 cm³/mol. The third-order valence-electron chi connectivity index (χ3n) is 3.81. The van der Waals surface area contributed by atoms with Gasteiger partial charge >= 0.3 is 0 Å². The lowest BCUT2D eigenvalue weighted by atomic mass is 10.1. The van der Waals surface area contributed by atoms with Crippen LogP contribution in [0.25, 0.3) is 0 Å². The van der Waals surface area contributed by atoms with Crippen molar-refractivity contribution in [2.24, 2.45) is 0 Å². The minimum absolute atomic E-state index is 0.302. The van der Waals surface area contributed by atoms with Crippen LogP contribution in [-0.4, -0.2) is 37.1 Å². The zero-order chi connectivity index (χ0) is 14.0. The van der Waals surface area contributed by atoms with Crippen molar-refractivity contribution in [3.63, 3.8) is 0 Å². The number of ether oxygens (including phenoxy) is 1. The van der Waals surface area contributed by atoms with Crippen LogP contribution in [0, 0.1) is 0 Å². The molecule has 0 spiro atoms. The Labute approximate surface area is 121 Å². The summed E-state index contributed by atoms with van der Waals surface area (Å²) >= 11 is 0. The maximum atomic E-state index is 11.9.